The van der Waals surface area contributed by atoms with E-state index in [9.17, 15) is 5.48 Å². The van der Waals surface area contributed by atoms with Crippen molar-refractivity contribution >= 4 is 54.3 Å². The summed E-state index contributed by atoms with van der Waals surface area (Å²) in [6, 6.07) is 18.0. The van der Waals surface area contributed by atoms with Crippen molar-refractivity contribution in [1.82, 2.24) is 0 Å². The molecule has 0 radical (unpaired) electrons. The van der Waals surface area contributed by atoms with Crippen LogP contribution < -0.4 is 0 Å². The zero-order chi connectivity index (χ0) is 39.6. The van der Waals surface area contributed by atoms with Crippen LogP contribution in [0.5, 0.6) is 0 Å². The Hall–Kier alpha value is -5.66. The summed E-state index contributed by atoms with van der Waals surface area (Å²) < 4.78 is 121. The molecule has 0 saturated carbocycles. The minimum atomic E-state index is -0.559. The number of fused-ring (bicyclic) bond motifs is 6. The highest BCUT2D eigenvalue weighted by molar-refractivity contribution is 6.23. The summed E-state index contributed by atoms with van der Waals surface area (Å²) in [5, 5.41) is 1.81. The molecule has 0 fully saturated rings. The van der Waals surface area contributed by atoms with Gasteiger partial charge in [-0.1, -0.05) is 133 Å². The Morgan fingerprint density at radius 3 is 1.77 bits per heavy atom. The molecule has 0 spiro atoms. The van der Waals surface area contributed by atoms with Crippen molar-refractivity contribution in [2.45, 2.75) is 0 Å². The lowest BCUT2D eigenvalue weighted by atomic mass is 9.83. The second kappa shape index (κ2) is 9.44. The molecule has 8 aromatic carbocycles. The lowest BCUT2D eigenvalue weighted by molar-refractivity contribution is 0.669. The van der Waals surface area contributed by atoms with E-state index in [1.807, 2.05) is 18.2 Å². The topological polar surface area (TPSA) is 13.1 Å². The van der Waals surface area contributed by atoms with Gasteiger partial charge in [-0.05, 0) is 89.9 Å². The molecule has 0 amide bonds. The van der Waals surface area contributed by atoms with E-state index in [4.69, 9.17) is 16.8 Å². The molecule has 0 atom stereocenters. The second-order valence-corrected chi connectivity index (χ2v) is 10.2. The van der Waals surface area contributed by atoms with Crippen LogP contribution in [-0.2, 0) is 0 Å². The van der Waals surface area contributed by atoms with Crippen molar-refractivity contribution in [3.8, 4) is 33.4 Å². The van der Waals surface area contributed by atoms with Crippen molar-refractivity contribution in [2.24, 2.45) is 0 Å². The van der Waals surface area contributed by atoms with Gasteiger partial charge in [-0.15, -0.1) is 0 Å². The van der Waals surface area contributed by atoms with Gasteiger partial charge in [-0.2, -0.15) is 0 Å². The molecule has 9 rings (SSSR count). The van der Waals surface area contributed by atoms with Crippen molar-refractivity contribution in [2.75, 3.05) is 0 Å². The minimum Gasteiger partial charge on any atom is -0.456 e. The van der Waals surface area contributed by atoms with Gasteiger partial charge in [0.05, 0.1) is 17.8 Å². The lowest BCUT2D eigenvalue weighted by Crippen LogP contribution is -1.93. The van der Waals surface area contributed by atoms with Crippen LogP contribution in [0.2, 0.25) is 0 Å². The van der Waals surface area contributed by atoms with Crippen LogP contribution in [0.4, 0.5) is 0 Å². The van der Waals surface area contributed by atoms with Gasteiger partial charge in [0.2, 0.25) is 0 Å². The van der Waals surface area contributed by atoms with Gasteiger partial charge >= 0.3 is 0 Å². The summed E-state index contributed by atoms with van der Waals surface area (Å²) in [7, 11) is 0. The summed E-state index contributed by atoms with van der Waals surface area (Å²) in [6.07, 6.45) is 0. The Morgan fingerprint density at radius 1 is 0.395 bits per heavy atom. The monoisotopic (exact) mass is 559 g/mol. The van der Waals surface area contributed by atoms with Crippen LogP contribution in [0, 0.1) is 0 Å². The Balaban J connectivity index is 1.51. The number of rotatable bonds is 3. The third-order valence-electron chi connectivity index (χ3n) is 7.82. The van der Waals surface area contributed by atoms with Crippen molar-refractivity contribution in [1.29, 1.82) is 0 Å². The fourth-order valence-corrected chi connectivity index (χ4v) is 5.97. The van der Waals surface area contributed by atoms with Gasteiger partial charge in [0.15, 0.2) is 0 Å². The summed E-state index contributed by atoms with van der Waals surface area (Å²) in [5.74, 6) is 0. The van der Waals surface area contributed by atoms with E-state index in [0.717, 1.165) is 0 Å². The van der Waals surface area contributed by atoms with Crippen LogP contribution >= 0.6 is 0 Å². The van der Waals surface area contributed by atoms with E-state index in [0.29, 0.717) is 43.8 Å². The van der Waals surface area contributed by atoms with Gasteiger partial charge in [0, 0.05) is 10.8 Å². The summed E-state index contributed by atoms with van der Waals surface area (Å²) >= 11 is 0. The smallest absolute Gasteiger partial charge is 0.136 e. The van der Waals surface area contributed by atoms with Crippen LogP contribution in [-0.4, -0.2) is 0 Å². The molecule has 43 heavy (non-hydrogen) atoms. The highest BCUT2D eigenvalue weighted by atomic mass is 16.3. The zero-order valence-corrected chi connectivity index (χ0v) is 22.4. The molecule has 1 aromatic heterocycles. The maximum absolute atomic E-state index is 9.83. The van der Waals surface area contributed by atoms with E-state index < -0.39 is 48.3 Å². The maximum atomic E-state index is 9.83. The molecule has 0 bridgehead atoms. The highest BCUT2D eigenvalue weighted by Crippen LogP contribution is 2.48. The number of hydrogen-bond acceptors (Lipinski definition) is 1. The Bertz CT molecular complexity index is 3170. The SMILES string of the molecule is [2H]c1c([2H])c([2H])c2c(oc3c([2H])c(-c4c5ccccc5c(-c5c([2H])c([2H])c6c([2H])c([2H])c([2H])c([2H])c6c5[2H])c5ccccc45)c(-c4ccccc4)c([2H])c32)c1[2H]. The van der Waals surface area contributed by atoms with Gasteiger partial charge in [0.25, 0.3) is 0 Å². The maximum Gasteiger partial charge on any atom is 0.136 e. The first-order valence-corrected chi connectivity index (χ1v) is 13.7. The van der Waals surface area contributed by atoms with Crippen molar-refractivity contribution in [3.05, 3.63) is 157 Å². The number of furan rings is 1. The second-order valence-electron chi connectivity index (χ2n) is 10.2. The minimum absolute atomic E-state index is 0.00174. The van der Waals surface area contributed by atoms with Gasteiger partial charge < -0.3 is 4.42 Å². The molecular weight excluding hydrogens is 520 g/mol. The highest BCUT2D eigenvalue weighted by Gasteiger charge is 2.21. The standard InChI is InChI=1S/C42H26O/c1-2-13-28(14-3-1)36-25-37-31-16-10-11-21-39(31)43-40(37)26-38(36)42-34-19-8-6-17-32(34)41(33-18-7-9-20-35(33)42)30-23-22-27-12-4-5-15-29(27)24-30/h1-26H/i4D,5D,10D,11D,12D,15D,16D,21D,22D,23D,24D,25D,26D. The number of para-hydroxylation sites is 1. The van der Waals surface area contributed by atoms with E-state index in [1.54, 1.807) is 60.7 Å². The van der Waals surface area contributed by atoms with E-state index in [-0.39, 0.29) is 74.0 Å². The molecule has 1 heterocycles. The average Bonchev–Trinajstić information content (AvgIpc) is 3.62. The summed E-state index contributed by atoms with van der Waals surface area (Å²) in [5.41, 5.74) is 1.80. The molecule has 0 saturated heterocycles. The average molecular weight is 560 g/mol. The normalized spacial score (nSPS) is 16.0. The first kappa shape index (κ1) is 14.5. The van der Waals surface area contributed by atoms with Crippen LogP contribution in [0.1, 0.15) is 17.8 Å². The zero-order valence-electron chi connectivity index (χ0n) is 35.4. The van der Waals surface area contributed by atoms with Crippen LogP contribution in [0.3, 0.4) is 0 Å². The number of benzene rings is 8. The third kappa shape index (κ3) is 3.72. The van der Waals surface area contributed by atoms with E-state index in [1.165, 1.54) is 0 Å². The molecular formula is C42H26O. The molecule has 0 aliphatic heterocycles. The molecule has 200 valence electrons. The van der Waals surface area contributed by atoms with Crippen LogP contribution in [0.15, 0.2) is 162 Å². The molecule has 1 heteroatoms. The van der Waals surface area contributed by atoms with Crippen molar-refractivity contribution in [3.63, 3.8) is 0 Å². The summed E-state index contributed by atoms with van der Waals surface area (Å²) in [6.45, 7) is 0. The number of hydrogen-bond donors (Lipinski definition) is 0. The quantitative estimate of drug-likeness (QED) is 0.196. The lowest BCUT2D eigenvalue weighted by Gasteiger charge is -2.20. The largest absolute Gasteiger partial charge is 0.456 e. The Kier molecular flexibility index (Phi) is 3.18. The van der Waals surface area contributed by atoms with E-state index in [2.05, 4.69) is 0 Å². The third-order valence-corrected chi connectivity index (χ3v) is 7.82. The first-order chi connectivity index (χ1) is 26.8. The predicted octanol–water partition coefficient (Wildman–Crippen LogP) is 12.0. The molecule has 0 N–H and O–H groups in total. The first-order valence-electron chi connectivity index (χ1n) is 20.2. The fourth-order valence-electron chi connectivity index (χ4n) is 5.97. The van der Waals surface area contributed by atoms with Gasteiger partial charge in [-0.25, -0.2) is 0 Å². The molecule has 9 aromatic rings. The molecule has 0 aliphatic rings. The Labute approximate surface area is 267 Å². The van der Waals surface area contributed by atoms with Crippen LogP contribution in [0.25, 0.3) is 87.6 Å². The van der Waals surface area contributed by atoms with Crippen molar-refractivity contribution < 1.29 is 22.2 Å². The fraction of sp³-hybridized carbons (Fsp3) is 0. The van der Waals surface area contributed by atoms with E-state index >= 15 is 0 Å². The molecule has 0 unspecified atom stereocenters. The Morgan fingerprint density at radius 2 is 1.02 bits per heavy atom. The van der Waals surface area contributed by atoms with Gasteiger partial charge in [-0.3, -0.25) is 0 Å². The summed E-state index contributed by atoms with van der Waals surface area (Å²) in [4.78, 5) is 0. The predicted molar refractivity (Wildman–Crippen MR) is 183 cm³/mol. The molecule has 1 nitrogen and oxygen atoms in total. The molecule has 0 aliphatic carbocycles. The van der Waals surface area contributed by atoms with Gasteiger partial charge in [0.1, 0.15) is 11.2 Å².